The third-order valence-electron chi connectivity index (χ3n) is 11.0. The number of fused-ring (bicyclic) bond motifs is 10. The van der Waals surface area contributed by atoms with Crippen LogP contribution in [0, 0.1) is 0 Å². The Labute approximate surface area is 312 Å². The van der Waals surface area contributed by atoms with E-state index in [1.807, 2.05) is 0 Å². The molecule has 11 aromatic rings. The molecule has 0 aliphatic carbocycles. The highest BCUT2D eigenvalue weighted by Crippen LogP contribution is 2.45. The first-order valence-electron chi connectivity index (χ1n) is 18.5. The molecule has 11 rings (SSSR count). The molecule has 2 nitrogen and oxygen atoms in total. The van der Waals surface area contributed by atoms with Crippen LogP contribution in [-0.4, -0.2) is 0 Å². The lowest BCUT2D eigenvalue weighted by molar-refractivity contribution is 0.670. The van der Waals surface area contributed by atoms with Crippen molar-refractivity contribution < 1.29 is 4.42 Å². The van der Waals surface area contributed by atoms with Crippen LogP contribution in [0.3, 0.4) is 0 Å². The van der Waals surface area contributed by atoms with E-state index in [0.29, 0.717) is 0 Å². The van der Waals surface area contributed by atoms with Gasteiger partial charge in [-0.15, -0.1) is 0 Å². The van der Waals surface area contributed by atoms with E-state index in [1.165, 1.54) is 54.2 Å². The van der Waals surface area contributed by atoms with Crippen molar-refractivity contribution in [3.05, 3.63) is 200 Å². The van der Waals surface area contributed by atoms with Gasteiger partial charge in [0.1, 0.15) is 11.2 Å². The second-order valence-electron chi connectivity index (χ2n) is 14.1. The Morgan fingerprint density at radius 2 is 0.778 bits per heavy atom. The van der Waals surface area contributed by atoms with Gasteiger partial charge in [0.15, 0.2) is 0 Å². The summed E-state index contributed by atoms with van der Waals surface area (Å²) in [5, 5.41) is 12.2. The number of anilines is 3. The standard InChI is InChI=1S/C52H33NO/c1-3-13-34(14-4-1)35-23-25-38(26-24-35)53(39-27-29-46-44-21-10-9-19-42(44)43-20-11-12-22-45(43)48(46)32-39)40-28-30-47-49-31-37-17-7-8-18-41(37)51(36-15-5-2-6-16-36)52(49)54-50(47)33-40/h1-33H. The summed E-state index contributed by atoms with van der Waals surface area (Å²) in [6.45, 7) is 0. The Morgan fingerprint density at radius 1 is 0.296 bits per heavy atom. The fourth-order valence-electron chi connectivity index (χ4n) is 8.51. The van der Waals surface area contributed by atoms with Gasteiger partial charge in [-0.1, -0.05) is 152 Å². The van der Waals surface area contributed by atoms with Crippen LogP contribution in [0.4, 0.5) is 17.1 Å². The number of hydrogen-bond donors (Lipinski definition) is 0. The lowest BCUT2D eigenvalue weighted by atomic mass is 9.94. The van der Waals surface area contributed by atoms with Gasteiger partial charge in [0.2, 0.25) is 0 Å². The van der Waals surface area contributed by atoms with Gasteiger partial charge in [-0.3, -0.25) is 0 Å². The molecular formula is C52H33NO. The minimum atomic E-state index is 0.859. The molecule has 252 valence electrons. The minimum Gasteiger partial charge on any atom is -0.455 e. The number of furan rings is 1. The van der Waals surface area contributed by atoms with Gasteiger partial charge in [-0.25, -0.2) is 0 Å². The topological polar surface area (TPSA) is 16.4 Å². The van der Waals surface area contributed by atoms with Crippen LogP contribution < -0.4 is 4.90 Å². The molecule has 0 aliphatic rings. The van der Waals surface area contributed by atoms with E-state index in [-0.39, 0.29) is 0 Å². The first-order chi connectivity index (χ1) is 26.8. The lowest BCUT2D eigenvalue weighted by Crippen LogP contribution is -2.09. The van der Waals surface area contributed by atoms with Crippen molar-refractivity contribution in [3.63, 3.8) is 0 Å². The highest BCUT2D eigenvalue weighted by atomic mass is 16.3. The summed E-state index contributed by atoms with van der Waals surface area (Å²) in [6.07, 6.45) is 0. The van der Waals surface area contributed by atoms with Crippen LogP contribution in [0.1, 0.15) is 0 Å². The van der Waals surface area contributed by atoms with E-state index in [0.717, 1.165) is 50.1 Å². The Balaban J connectivity index is 1.15. The zero-order valence-corrected chi connectivity index (χ0v) is 29.4. The Hall–Kier alpha value is -7.16. The molecule has 0 saturated heterocycles. The van der Waals surface area contributed by atoms with Crippen LogP contribution in [0.25, 0.3) is 87.3 Å². The molecule has 0 aliphatic heterocycles. The van der Waals surface area contributed by atoms with Gasteiger partial charge >= 0.3 is 0 Å². The van der Waals surface area contributed by atoms with Crippen LogP contribution in [-0.2, 0) is 0 Å². The molecule has 54 heavy (non-hydrogen) atoms. The predicted molar refractivity (Wildman–Crippen MR) is 229 cm³/mol. The molecule has 0 amide bonds. The molecule has 1 heterocycles. The first-order valence-corrected chi connectivity index (χ1v) is 18.5. The summed E-state index contributed by atoms with van der Waals surface area (Å²) in [5.74, 6) is 0. The maximum Gasteiger partial charge on any atom is 0.143 e. The maximum atomic E-state index is 6.94. The summed E-state index contributed by atoms with van der Waals surface area (Å²) < 4.78 is 6.94. The fourth-order valence-corrected chi connectivity index (χ4v) is 8.51. The van der Waals surface area contributed by atoms with E-state index in [2.05, 4.69) is 205 Å². The maximum absolute atomic E-state index is 6.94. The average molecular weight is 688 g/mol. The normalized spacial score (nSPS) is 11.7. The molecule has 0 fully saturated rings. The second-order valence-corrected chi connectivity index (χ2v) is 14.1. The van der Waals surface area contributed by atoms with Gasteiger partial charge in [0.25, 0.3) is 0 Å². The molecule has 0 spiro atoms. The van der Waals surface area contributed by atoms with Crippen molar-refractivity contribution in [2.45, 2.75) is 0 Å². The van der Waals surface area contributed by atoms with E-state index in [1.54, 1.807) is 0 Å². The molecule has 0 bridgehead atoms. The zero-order chi connectivity index (χ0) is 35.6. The summed E-state index contributed by atoms with van der Waals surface area (Å²) >= 11 is 0. The Bertz CT molecular complexity index is 3160. The number of rotatable bonds is 5. The van der Waals surface area contributed by atoms with Gasteiger partial charge in [0.05, 0.1) is 0 Å². The lowest BCUT2D eigenvalue weighted by Gasteiger charge is -2.26. The van der Waals surface area contributed by atoms with Crippen molar-refractivity contribution >= 4 is 82.1 Å². The number of hydrogen-bond acceptors (Lipinski definition) is 2. The molecule has 10 aromatic carbocycles. The molecule has 2 heteroatoms. The average Bonchev–Trinajstić information content (AvgIpc) is 3.61. The highest BCUT2D eigenvalue weighted by Gasteiger charge is 2.20. The van der Waals surface area contributed by atoms with E-state index in [9.17, 15) is 0 Å². The SMILES string of the molecule is c1ccc(-c2ccc(N(c3ccc4c(c3)oc3c(-c5ccccc5)c5ccccc5cc34)c3ccc4c5ccccc5c5ccccc5c4c3)cc2)cc1. The largest absolute Gasteiger partial charge is 0.455 e. The van der Waals surface area contributed by atoms with Gasteiger partial charge in [0, 0.05) is 39.5 Å². The molecule has 0 atom stereocenters. The Morgan fingerprint density at radius 3 is 1.44 bits per heavy atom. The summed E-state index contributed by atoms with van der Waals surface area (Å²) in [7, 11) is 0. The summed E-state index contributed by atoms with van der Waals surface area (Å²) in [5.41, 5.74) is 9.62. The van der Waals surface area contributed by atoms with Crippen LogP contribution >= 0.6 is 0 Å². The molecular weight excluding hydrogens is 655 g/mol. The fraction of sp³-hybridized carbons (Fsp3) is 0. The van der Waals surface area contributed by atoms with Gasteiger partial charge in [-0.2, -0.15) is 0 Å². The van der Waals surface area contributed by atoms with E-state index >= 15 is 0 Å². The highest BCUT2D eigenvalue weighted by molar-refractivity contribution is 6.26. The molecule has 0 saturated carbocycles. The predicted octanol–water partition coefficient (Wildman–Crippen LogP) is 15.0. The van der Waals surface area contributed by atoms with Crippen LogP contribution in [0.2, 0.25) is 0 Å². The van der Waals surface area contributed by atoms with E-state index < -0.39 is 0 Å². The summed E-state index contributed by atoms with van der Waals surface area (Å²) in [4.78, 5) is 2.36. The first kappa shape index (κ1) is 30.5. The van der Waals surface area contributed by atoms with Gasteiger partial charge < -0.3 is 9.32 Å². The van der Waals surface area contributed by atoms with E-state index in [4.69, 9.17) is 4.42 Å². The second kappa shape index (κ2) is 12.2. The van der Waals surface area contributed by atoms with Crippen molar-refractivity contribution in [2.24, 2.45) is 0 Å². The molecule has 1 aromatic heterocycles. The summed E-state index contributed by atoms with van der Waals surface area (Å²) in [6, 6.07) is 72.1. The van der Waals surface area contributed by atoms with Crippen molar-refractivity contribution in [2.75, 3.05) is 4.90 Å². The van der Waals surface area contributed by atoms with Crippen LogP contribution in [0.5, 0.6) is 0 Å². The molecule has 0 unspecified atom stereocenters. The number of nitrogens with zero attached hydrogens (tertiary/aromatic N) is 1. The third kappa shape index (κ3) is 4.81. The minimum absolute atomic E-state index is 0.859. The third-order valence-corrected chi connectivity index (χ3v) is 11.0. The van der Waals surface area contributed by atoms with Crippen molar-refractivity contribution in [1.82, 2.24) is 0 Å². The smallest absolute Gasteiger partial charge is 0.143 e. The molecule has 0 radical (unpaired) electrons. The van der Waals surface area contributed by atoms with Crippen molar-refractivity contribution in [3.8, 4) is 22.3 Å². The zero-order valence-electron chi connectivity index (χ0n) is 29.4. The van der Waals surface area contributed by atoms with Gasteiger partial charge in [-0.05, 0) is 102 Å². The number of benzene rings is 10. The van der Waals surface area contributed by atoms with Crippen LogP contribution in [0.15, 0.2) is 205 Å². The molecule has 0 N–H and O–H groups in total. The van der Waals surface area contributed by atoms with Crippen molar-refractivity contribution in [1.29, 1.82) is 0 Å². The quantitative estimate of drug-likeness (QED) is 0.168. The Kier molecular flexibility index (Phi) is 6.90. The monoisotopic (exact) mass is 687 g/mol.